The standard InChI is InChI=1S/C27H38O4Si/c1-22(21-28)25(31-26-17-11-12-19-29-26)18-20-30-32(27(2,3)4,23-13-7-5-8-14-23)24-15-9-6-10-16-24/h5-10,13-16,21-22,25-26H,11-12,17-20H2,1-4H3/t22-,25-,26?/m1/s1. The predicted octanol–water partition coefficient (Wildman–Crippen LogP) is 4.70. The minimum Gasteiger partial charge on any atom is -0.407 e. The number of benzene rings is 2. The van der Waals surface area contributed by atoms with Crippen LogP contribution in [0.4, 0.5) is 0 Å². The first-order chi connectivity index (χ1) is 15.4. The maximum Gasteiger partial charge on any atom is 0.261 e. The minimum absolute atomic E-state index is 0.0746. The van der Waals surface area contributed by atoms with Gasteiger partial charge in [-0.3, -0.25) is 0 Å². The Kier molecular flexibility index (Phi) is 8.83. The molecule has 32 heavy (non-hydrogen) atoms. The molecule has 1 fully saturated rings. The van der Waals surface area contributed by atoms with Gasteiger partial charge in [-0.05, 0) is 41.1 Å². The fourth-order valence-electron chi connectivity index (χ4n) is 4.65. The van der Waals surface area contributed by atoms with E-state index in [0.29, 0.717) is 13.0 Å². The quantitative estimate of drug-likeness (QED) is 0.386. The van der Waals surface area contributed by atoms with Gasteiger partial charge in [-0.25, -0.2) is 0 Å². The molecule has 0 bridgehead atoms. The van der Waals surface area contributed by atoms with E-state index >= 15 is 0 Å². The number of hydrogen-bond donors (Lipinski definition) is 0. The normalized spacial score (nSPS) is 19.3. The summed E-state index contributed by atoms with van der Waals surface area (Å²) >= 11 is 0. The molecule has 0 aliphatic carbocycles. The van der Waals surface area contributed by atoms with Crippen LogP contribution in [0.1, 0.15) is 53.4 Å². The number of carbonyl (C=O) groups excluding carboxylic acids is 1. The fourth-order valence-corrected chi connectivity index (χ4v) is 9.23. The van der Waals surface area contributed by atoms with Crippen LogP contribution in [0.5, 0.6) is 0 Å². The van der Waals surface area contributed by atoms with Gasteiger partial charge in [0.2, 0.25) is 0 Å². The molecule has 0 N–H and O–H groups in total. The molecule has 1 unspecified atom stereocenters. The summed E-state index contributed by atoms with van der Waals surface area (Å²) in [5.41, 5.74) is 0. The van der Waals surface area contributed by atoms with Gasteiger partial charge in [-0.1, -0.05) is 88.4 Å². The van der Waals surface area contributed by atoms with E-state index in [1.807, 2.05) is 6.92 Å². The summed E-state index contributed by atoms with van der Waals surface area (Å²) in [6, 6.07) is 21.3. The molecule has 3 rings (SSSR count). The maximum atomic E-state index is 11.6. The second-order valence-corrected chi connectivity index (χ2v) is 14.1. The van der Waals surface area contributed by atoms with Crippen molar-refractivity contribution in [3.63, 3.8) is 0 Å². The molecule has 0 saturated carbocycles. The molecular formula is C27H38O4Si. The highest BCUT2D eigenvalue weighted by atomic mass is 28.4. The van der Waals surface area contributed by atoms with E-state index in [1.165, 1.54) is 10.4 Å². The fraction of sp³-hybridized carbons (Fsp3) is 0.519. The van der Waals surface area contributed by atoms with Crippen molar-refractivity contribution < 1.29 is 18.7 Å². The van der Waals surface area contributed by atoms with E-state index in [1.54, 1.807) is 0 Å². The van der Waals surface area contributed by atoms with Crippen molar-refractivity contribution in [3.8, 4) is 0 Å². The summed E-state index contributed by atoms with van der Waals surface area (Å²) in [6.45, 7) is 10.0. The van der Waals surface area contributed by atoms with Crippen LogP contribution < -0.4 is 10.4 Å². The largest absolute Gasteiger partial charge is 0.407 e. The second-order valence-electron chi connectivity index (χ2n) is 9.77. The summed E-state index contributed by atoms with van der Waals surface area (Å²) in [7, 11) is -2.59. The van der Waals surface area contributed by atoms with Gasteiger partial charge in [0.15, 0.2) is 6.29 Å². The third-order valence-corrected chi connectivity index (χ3v) is 11.4. The maximum absolute atomic E-state index is 11.6. The van der Waals surface area contributed by atoms with Crippen LogP contribution in [-0.4, -0.2) is 40.2 Å². The van der Waals surface area contributed by atoms with Gasteiger partial charge < -0.3 is 18.7 Å². The Balaban J connectivity index is 1.85. The average Bonchev–Trinajstić information content (AvgIpc) is 2.81. The van der Waals surface area contributed by atoms with Crippen LogP contribution in [0, 0.1) is 5.92 Å². The molecule has 4 nitrogen and oxygen atoms in total. The Hall–Kier alpha value is -1.79. The molecule has 2 aromatic carbocycles. The van der Waals surface area contributed by atoms with E-state index in [-0.39, 0.29) is 23.4 Å². The lowest BCUT2D eigenvalue weighted by molar-refractivity contribution is -0.198. The molecule has 3 atom stereocenters. The lowest BCUT2D eigenvalue weighted by Gasteiger charge is -2.43. The zero-order chi connectivity index (χ0) is 23.0. The molecule has 0 amide bonds. The van der Waals surface area contributed by atoms with Crippen molar-refractivity contribution in [1.29, 1.82) is 0 Å². The van der Waals surface area contributed by atoms with Crippen molar-refractivity contribution in [2.24, 2.45) is 5.92 Å². The number of rotatable bonds is 10. The molecule has 1 heterocycles. The van der Waals surface area contributed by atoms with Gasteiger partial charge in [0.1, 0.15) is 6.29 Å². The third kappa shape index (κ3) is 5.76. The van der Waals surface area contributed by atoms with E-state index in [0.717, 1.165) is 32.2 Å². The van der Waals surface area contributed by atoms with Gasteiger partial charge in [0.05, 0.1) is 6.10 Å². The van der Waals surface area contributed by atoms with Crippen LogP contribution in [-0.2, 0) is 18.7 Å². The van der Waals surface area contributed by atoms with Crippen LogP contribution in [0.25, 0.3) is 0 Å². The number of hydrogen-bond acceptors (Lipinski definition) is 4. The second kappa shape index (κ2) is 11.4. The SMILES string of the molecule is C[C@H](C=O)[C@@H](CCO[Si](c1ccccc1)(c1ccccc1)C(C)(C)C)OC1CCCCO1. The summed E-state index contributed by atoms with van der Waals surface area (Å²) in [5.74, 6) is -0.205. The number of aldehydes is 1. The van der Waals surface area contributed by atoms with Crippen LogP contribution in [0.15, 0.2) is 60.7 Å². The average molecular weight is 455 g/mol. The zero-order valence-corrected chi connectivity index (χ0v) is 21.0. The first kappa shape index (κ1) is 24.8. The molecule has 0 aromatic heterocycles. The van der Waals surface area contributed by atoms with Crippen molar-refractivity contribution in [2.75, 3.05) is 13.2 Å². The number of ether oxygens (including phenoxy) is 2. The summed E-state index contributed by atoms with van der Waals surface area (Å²) in [4.78, 5) is 11.6. The minimum atomic E-state index is -2.59. The first-order valence-corrected chi connectivity index (χ1v) is 13.8. The zero-order valence-electron chi connectivity index (χ0n) is 20.0. The Labute approximate surface area is 194 Å². The molecule has 174 valence electrons. The molecular weight excluding hydrogens is 416 g/mol. The van der Waals surface area contributed by atoms with Crippen molar-refractivity contribution in [2.45, 2.75) is 70.8 Å². The summed E-state index contributed by atoms with van der Waals surface area (Å²) < 4.78 is 19.0. The molecule has 1 aliphatic rings. The highest BCUT2D eigenvalue weighted by Gasteiger charge is 2.50. The van der Waals surface area contributed by atoms with Crippen molar-refractivity contribution >= 4 is 25.0 Å². The Morgan fingerprint density at radius 3 is 2.09 bits per heavy atom. The Morgan fingerprint density at radius 1 is 1.03 bits per heavy atom. The smallest absolute Gasteiger partial charge is 0.261 e. The predicted molar refractivity (Wildman–Crippen MR) is 132 cm³/mol. The van der Waals surface area contributed by atoms with E-state index in [4.69, 9.17) is 13.9 Å². The lowest BCUT2D eigenvalue weighted by Crippen LogP contribution is -2.66. The molecule has 1 aliphatic heterocycles. The monoisotopic (exact) mass is 454 g/mol. The van der Waals surface area contributed by atoms with Gasteiger partial charge in [-0.15, -0.1) is 0 Å². The molecule has 0 radical (unpaired) electrons. The van der Waals surface area contributed by atoms with E-state index in [2.05, 4.69) is 81.4 Å². The van der Waals surface area contributed by atoms with E-state index in [9.17, 15) is 4.79 Å². The van der Waals surface area contributed by atoms with Gasteiger partial charge >= 0.3 is 0 Å². The van der Waals surface area contributed by atoms with Crippen LogP contribution in [0.2, 0.25) is 5.04 Å². The van der Waals surface area contributed by atoms with Gasteiger partial charge in [-0.2, -0.15) is 0 Å². The molecule has 5 heteroatoms. The number of carbonyl (C=O) groups is 1. The van der Waals surface area contributed by atoms with Gasteiger partial charge in [0.25, 0.3) is 8.32 Å². The highest BCUT2D eigenvalue weighted by molar-refractivity contribution is 6.99. The third-order valence-electron chi connectivity index (χ3n) is 6.40. The molecule has 1 saturated heterocycles. The van der Waals surface area contributed by atoms with Crippen molar-refractivity contribution in [1.82, 2.24) is 0 Å². The van der Waals surface area contributed by atoms with Crippen LogP contribution >= 0.6 is 0 Å². The van der Waals surface area contributed by atoms with Crippen molar-refractivity contribution in [3.05, 3.63) is 60.7 Å². The summed E-state index contributed by atoms with van der Waals surface area (Å²) in [6.07, 6.45) is 4.27. The Morgan fingerprint density at radius 2 is 1.62 bits per heavy atom. The highest BCUT2D eigenvalue weighted by Crippen LogP contribution is 2.37. The molecule has 0 spiro atoms. The first-order valence-electron chi connectivity index (χ1n) is 11.9. The molecule has 2 aromatic rings. The topological polar surface area (TPSA) is 44.8 Å². The lowest BCUT2D eigenvalue weighted by atomic mass is 10.0. The van der Waals surface area contributed by atoms with Crippen LogP contribution in [0.3, 0.4) is 0 Å². The van der Waals surface area contributed by atoms with Gasteiger partial charge in [0, 0.05) is 19.1 Å². The Bertz CT molecular complexity index is 773. The van der Waals surface area contributed by atoms with E-state index < -0.39 is 8.32 Å². The summed E-state index contributed by atoms with van der Waals surface area (Å²) in [5, 5.41) is 2.44.